The quantitative estimate of drug-likeness (QED) is 0.234. The molecule has 0 aromatic heterocycles. The summed E-state index contributed by atoms with van der Waals surface area (Å²) in [6.07, 6.45) is 0. The van der Waals surface area contributed by atoms with Gasteiger partial charge < -0.3 is 49.3 Å². The molecule has 0 spiro atoms. The van der Waals surface area contributed by atoms with Gasteiger partial charge in [-0.25, -0.2) is 0 Å². The molecule has 0 rings (SSSR count). The molecule has 0 radical (unpaired) electrons. The standard InChI is InChI=1S/3Ba.9O.2W/q3*+2;9*-2;;. The first-order valence-electron chi connectivity index (χ1n) is 0. The Morgan fingerprint density at radius 1 is 0.214 bits per heavy atom. The molecular weight excluding hydrogens is 924 g/mol. The average molecular weight is 924 g/mol. The molecule has 0 N–H and O–H groups in total. The third-order valence-electron chi connectivity index (χ3n) is 0. The minimum atomic E-state index is 0. The van der Waals surface area contributed by atoms with E-state index in [-0.39, 0.29) is 238 Å². The molecule has 84 valence electrons. The number of rotatable bonds is 0. The molecular formula is Ba3O9W2-12. The molecule has 0 atom stereocenters. The molecule has 0 aromatic rings. The smallest absolute Gasteiger partial charge is 2.00 e. The van der Waals surface area contributed by atoms with Crippen LogP contribution in [0, 0.1) is 0 Å². The van der Waals surface area contributed by atoms with Crippen LogP contribution < -0.4 is 0 Å². The van der Waals surface area contributed by atoms with Gasteiger partial charge in [0.2, 0.25) is 0 Å². The summed E-state index contributed by atoms with van der Waals surface area (Å²) in [5, 5.41) is 0. The van der Waals surface area contributed by atoms with Gasteiger partial charge in [-0.15, -0.1) is 0 Å². The van der Waals surface area contributed by atoms with Gasteiger partial charge >= 0.3 is 147 Å². The van der Waals surface area contributed by atoms with Gasteiger partial charge in [-0.05, 0) is 0 Å². The van der Waals surface area contributed by atoms with Crippen LogP contribution in [0.4, 0.5) is 0 Å². The van der Waals surface area contributed by atoms with Crippen LogP contribution in [0.2, 0.25) is 0 Å². The molecule has 0 aliphatic carbocycles. The molecule has 0 amide bonds. The van der Waals surface area contributed by atoms with Gasteiger partial charge in [-0.1, -0.05) is 0 Å². The zero-order valence-electron chi connectivity index (χ0n) is 6.61. The van der Waals surface area contributed by atoms with E-state index >= 15 is 0 Å². The van der Waals surface area contributed by atoms with Crippen LogP contribution in [-0.4, -0.2) is 147 Å². The molecule has 0 aliphatic rings. The van der Waals surface area contributed by atoms with Crippen molar-refractivity contribution in [1.82, 2.24) is 0 Å². The van der Waals surface area contributed by atoms with E-state index in [1.54, 1.807) is 0 Å². The second-order valence-corrected chi connectivity index (χ2v) is 0. The second kappa shape index (κ2) is 179. The minimum Gasteiger partial charge on any atom is -2.00 e. The van der Waals surface area contributed by atoms with Gasteiger partial charge in [-0.2, -0.15) is 0 Å². The first kappa shape index (κ1) is 211. The molecule has 14 heteroatoms. The predicted molar refractivity (Wildman–Crippen MR) is 23.4 cm³/mol. The maximum Gasteiger partial charge on any atom is 2.00 e. The summed E-state index contributed by atoms with van der Waals surface area (Å²) in [6, 6.07) is 0. The molecule has 0 fully saturated rings. The van der Waals surface area contributed by atoms with Crippen molar-refractivity contribution in [1.29, 1.82) is 0 Å². The largest absolute Gasteiger partial charge is 2.00 e. The molecule has 0 heterocycles. The first-order valence-corrected chi connectivity index (χ1v) is 0. The molecule has 9 nitrogen and oxygen atoms in total. The molecule has 0 aliphatic heterocycles. The number of hydrogen-bond donors (Lipinski definition) is 0. The zero-order chi connectivity index (χ0) is 0. The second-order valence-electron chi connectivity index (χ2n) is 0. The summed E-state index contributed by atoms with van der Waals surface area (Å²) in [5.41, 5.74) is 0. The van der Waals surface area contributed by atoms with Crippen LogP contribution >= 0.6 is 0 Å². The van der Waals surface area contributed by atoms with Gasteiger partial charge in [0.25, 0.3) is 0 Å². The summed E-state index contributed by atoms with van der Waals surface area (Å²) >= 11 is 0. The van der Waals surface area contributed by atoms with Gasteiger partial charge in [0.05, 0.1) is 0 Å². The van der Waals surface area contributed by atoms with Gasteiger partial charge in [0.1, 0.15) is 0 Å². The Balaban J connectivity index is 0. The Morgan fingerprint density at radius 2 is 0.214 bits per heavy atom. The van der Waals surface area contributed by atoms with Crippen molar-refractivity contribution in [3.63, 3.8) is 0 Å². The minimum absolute atomic E-state index is 0. The molecule has 0 unspecified atom stereocenters. The maximum atomic E-state index is 0. The van der Waals surface area contributed by atoms with Gasteiger partial charge in [0.15, 0.2) is 0 Å². The molecule has 0 saturated carbocycles. The summed E-state index contributed by atoms with van der Waals surface area (Å²) in [7, 11) is 0. The molecule has 14 heavy (non-hydrogen) atoms. The average Bonchev–Trinajstić information content (AvgIpc) is 0. The molecule has 0 bridgehead atoms. The van der Waals surface area contributed by atoms with Gasteiger partial charge in [0, 0.05) is 42.1 Å². The van der Waals surface area contributed by atoms with Crippen molar-refractivity contribution in [2.45, 2.75) is 0 Å². The van der Waals surface area contributed by atoms with Crippen LogP contribution in [0.1, 0.15) is 0 Å². The fraction of sp³-hybridized carbons (Fsp3) is 0. The Kier molecular flexibility index (Phi) is 2700. The summed E-state index contributed by atoms with van der Waals surface area (Å²) < 4.78 is 0. The zero-order valence-corrected chi connectivity index (χ0v) is 25.8. The van der Waals surface area contributed by atoms with Crippen molar-refractivity contribution in [2.24, 2.45) is 0 Å². The third-order valence-corrected chi connectivity index (χ3v) is 0. The van der Waals surface area contributed by atoms with E-state index in [9.17, 15) is 0 Å². The van der Waals surface area contributed by atoms with E-state index in [1.165, 1.54) is 0 Å². The van der Waals surface area contributed by atoms with E-state index < -0.39 is 0 Å². The first-order chi connectivity index (χ1) is 0. The Morgan fingerprint density at radius 3 is 0.214 bits per heavy atom. The van der Waals surface area contributed by atoms with E-state index in [4.69, 9.17) is 0 Å². The third kappa shape index (κ3) is 151. The monoisotopic (exact) mass is 926 g/mol. The fourth-order valence-corrected chi connectivity index (χ4v) is 0. The van der Waals surface area contributed by atoms with E-state index in [0.717, 1.165) is 0 Å². The normalized spacial score (nSPS) is 0. The summed E-state index contributed by atoms with van der Waals surface area (Å²) in [5.74, 6) is 0. The van der Waals surface area contributed by atoms with Crippen molar-refractivity contribution >= 4 is 147 Å². The maximum absolute atomic E-state index is 0. The van der Waals surface area contributed by atoms with Crippen molar-refractivity contribution in [3.8, 4) is 0 Å². The van der Waals surface area contributed by atoms with Crippen molar-refractivity contribution in [2.75, 3.05) is 0 Å². The Hall–Kier alpha value is 5.73. The Bertz CT molecular complexity index is 18.0. The molecule has 0 aromatic carbocycles. The van der Waals surface area contributed by atoms with E-state index in [2.05, 4.69) is 0 Å². The van der Waals surface area contributed by atoms with Crippen molar-refractivity contribution < 1.29 is 91.4 Å². The van der Waals surface area contributed by atoms with E-state index in [0.29, 0.717) is 0 Å². The summed E-state index contributed by atoms with van der Waals surface area (Å²) in [6.45, 7) is 0. The van der Waals surface area contributed by atoms with E-state index in [1.807, 2.05) is 0 Å². The van der Waals surface area contributed by atoms with Gasteiger partial charge in [-0.3, -0.25) is 0 Å². The summed E-state index contributed by atoms with van der Waals surface area (Å²) in [4.78, 5) is 0. The molecule has 0 saturated heterocycles. The van der Waals surface area contributed by atoms with Crippen LogP contribution in [0.3, 0.4) is 0 Å². The van der Waals surface area contributed by atoms with Crippen LogP contribution in [-0.2, 0) is 91.4 Å². The SMILES string of the molecule is [Ba+2].[Ba+2].[Ba+2].[O-2].[O-2].[O-2].[O-2].[O-2].[O-2].[O-2].[O-2].[O-2].[W].[W]. The topological polar surface area (TPSA) is 256 Å². The predicted octanol–water partition coefficient (Wildman–Crippen LogP) is -2.22. The van der Waals surface area contributed by atoms with Crippen molar-refractivity contribution in [3.05, 3.63) is 0 Å². The van der Waals surface area contributed by atoms with Crippen LogP contribution in [0.15, 0.2) is 0 Å². The number of hydrogen-bond acceptors (Lipinski definition) is 0. The van der Waals surface area contributed by atoms with Crippen LogP contribution in [0.5, 0.6) is 0 Å². The Labute approximate surface area is 231 Å². The van der Waals surface area contributed by atoms with Crippen LogP contribution in [0.25, 0.3) is 0 Å². The fourth-order valence-electron chi connectivity index (χ4n) is 0.